The Bertz CT molecular complexity index is 403. The quantitative estimate of drug-likeness (QED) is 0.281. The number of unbranched alkanes of at least 4 members (excludes halogenated alkanes) is 13. The molecule has 0 radical (unpaired) electrons. The zero-order valence-electron chi connectivity index (χ0n) is 15.7. The van der Waals surface area contributed by atoms with E-state index in [-0.39, 0.29) is 6.42 Å². The van der Waals surface area contributed by atoms with Crippen LogP contribution >= 0.6 is 0 Å². The first kappa shape index (κ1) is 22.6. The van der Waals surface area contributed by atoms with Gasteiger partial charge in [-0.15, -0.1) is 0 Å². The maximum absolute atomic E-state index is 10.3. The molecule has 1 N–H and O–H groups in total. The van der Waals surface area contributed by atoms with E-state index in [4.69, 9.17) is 5.11 Å². The minimum absolute atomic E-state index is 0.270. The van der Waals surface area contributed by atoms with E-state index in [0.717, 1.165) is 32.1 Å². The van der Waals surface area contributed by atoms with Gasteiger partial charge in [-0.1, -0.05) is 83.0 Å². The Morgan fingerprint density at radius 2 is 1.08 bits per heavy atom. The number of aliphatic carboxylic acids is 1. The lowest BCUT2D eigenvalue weighted by molar-refractivity contribution is -0.137. The van der Waals surface area contributed by atoms with Crippen LogP contribution in [-0.2, 0) is 4.79 Å². The highest BCUT2D eigenvalue weighted by Gasteiger charge is 1.94. The molecule has 0 rings (SSSR count). The van der Waals surface area contributed by atoms with Crippen LogP contribution in [0.5, 0.6) is 0 Å². The van der Waals surface area contributed by atoms with Gasteiger partial charge in [-0.2, -0.15) is 0 Å². The normalized spacial score (nSPS) is 9.71. The molecule has 24 heavy (non-hydrogen) atoms. The summed E-state index contributed by atoms with van der Waals surface area (Å²) in [6.45, 7) is 2.26. The number of carboxylic acid groups (broad SMARTS) is 1. The van der Waals surface area contributed by atoms with E-state index >= 15 is 0 Å². The smallest absolute Gasteiger partial charge is 0.303 e. The second-order valence-electron chi connectivity index (χ2n) is 6.49. The van der Waals surface area contributed by atoms with Crippen LogP contribution < -0.4 is 0 Å². The minimum Gasteiger partial charge on any atom is -0.481 e. The molecule has 2 heteroatoms. The van der Waals surface area contributed by atoms with Crippen LogP contribution in [0.25, 0.3) is 0 Å². The van der Waals surface area contributed by atoms with Gasteiger partial charge in [0, 0.05) is 19.3 Å². The third-order valence-corrected chi connectivity index (χ3v) is 4.09. The van der Waals surface area contributed by atoms with E-state index in [9.17, 15) is 4.79 Å². The predicted octanol–water partition coefficient (Wildman–Crippen LogP) is 6.34. The highest BCUT2D eigenvalue weighted by Crippen LogP contribution is 2.10. The Balaban J connectivity index is 3.25. The fourth-order valence-corrected chi connectivity index (χ4v) is 2.58. The highest BCUT2D eigenvalue weighted by molar-refractivity contribution is 5.66. The molecule has 0 heterocycles. The Morgan fingerprint density at radius 3 is 1.54 bits per heavy atom. The molecule has 0 unspecified atom stereocenters. The van der Waals surface area contributed by atoms with Gasteiger partial charge in [0.05, 0.1) is 0 Å². The van der Waals surface area contributed by atoms with Crippen molar-refractivity contribution in [1.29, 1.82) is 0 Å². The van der Waals surface area contributed by atoms with Crippen LogP contribution in [0, 0.1) is 23.7 Å². The molecule has 0 amide bonds. The van der Waals surface area contributed by atoms with E-state index in [0.29, 0.717) is 0 Å². The fourth-order valence-electron chi connectivity index (χ4n) is 2.58. The summed E-state index contributed by atoms with van der Waals surface area (Å²) >= 11 is 0. The second kappa shape index (κ2) is 19.6. The van der Waals surface area contributed by atoms with Crippen LogP contribution in [0.1, 0.15) is 110 Å². The molecule has 0 aromatic rings. The van der Waals surface area contributed by atoms with Gasteiger partial charge in [0.25, 0.3) is 0 Å². The number of carbonyl (C=O) groups is 1. The zero-order valence-corrected chi connectivity index (χ0v) is 15.7. The Kier molecular flexibility index (Phi) is 18.5. The molecule has 0 aromatic heterocycles. The summed E-state index contributed by atoms with van der Waals surface area (Å²) in [5.74, 6) is 11.3. The van der Waals surface area contributed by atoms with Crippen molar-refractivity contribution in [2.75, 3.05) is 0 Å². The van der Waals surface area contributed by atoms with Crippen molar-refractivity contribution < 1.29 is 9.90 Å². The average Bonchev–Trinajstić information content (AvgIpc) is 2.56. The molecule has 136 valence electrons. The lowest BCUT2D eigenvalue weighted by atomic mass is 10.1. The molecular formula is C22H36O2. The molecule has 0 saturated heterocycles. The summed E-state index contributed by atoms with van der Waals surface area (Å²) in [6.07, 6.45) is 18.3. The summed E-state index contributed by atoms with van der Waals surface area (Å²) in [5.41, 5.74) is 0. The summed E-state index contributed by atoms with van der Waals surface area (Å²) in [6, 6.07) is 0. The monoisotopic (exact) mass is 332 g/mol. The molecule has 0 bridgehead atoms. The third-order valence-electron chi connectivity index (χ3n) is 4.09. The van der Waals surface area contributed by atoms with Gasteiger partial charge in [-0.25, -0.2) is 0 Å². The van der Waals surface area contributed by atoms with E-state index in [2.05, 4.69) is 30.6 Å². The van der Waals surface area contributed by atoms with Crippen LogP contribution in [0.2, 0.25) is 0 Å². The van der Waals surface area contributed by atoms with Gasteiger partial charge >= 0.3 is 5.97 Å². The van der Waals surface area contributed by atoms with Gasteiger partial charge in [-0.05, 0) is 31.1 Å². The van der Waals surface area contributed by atoms with Crippen LogP contribution in [-0.4, -0.2) is 11.1 Å². The van der Waals surface area contributed by atoms with Crippen molar-refractivity contribution in [2.24, 2.45) is 0 Å². The molecule has 0 saturated carbocycles. The third kappa shape index (κ3) is 20.6. The summed E-state index contributed by atoms with van der Waals surface area (Å²) < 4.78 is 0. The van der Waals surface area contributed by atoms with E-state index in [1.165, 1.54) is 64.2 Å². The van der Waals surface area contributed by atoms with Crippen LogP contribution in [0.3, 0.4) is 0 Å². The molecule has 0 aliphatic heterocycles. The topological polar surface area (TPSA) is 37.3 Å². The molecule has 0 aromatic carbocycles. The molecule has 0 fully saturated rings. The lowest BCUT2D eigenvalue weighted by Gasteiger charge is -2.00. The Morgan fingerprint density at radius 1 is 0.667 bits per heavy atom. The van der Waals surface area contributed by atoms with Crippen molar-refractivity contribution in [2.45, 2.75) is 110 Å². The maximum atomic E-state index is 10.3. The second-order valence-corrected chi connectivity index (χ2v) is 6.49. The molecule has 0 spiro atoms. The van der Waals surface area contributed by atoms with Crippen molar-refractivity contribution in [1.82, 2.24) is 0 Å². The predicted molar refractivity (Wildman–Crippen MR) is 103 cm³/mol. The van der Waals surface area contributed by atoms with Gasteiger partial charge in [0.15, 0.2) is 0 Å². The van der Waals surface area contributed by atoms with Gasteiger partial charge in [0.2, 0.25) is 0 Å². The van der Waals surface area contributed by atoms with E-state index < -0.39 is 5.97 Å². The first-order valence-electron chi connectivity index (χ1n) is 9.95. The summed E-state index contributed by atoms with van der Waals surface area (Å²) in [7, 11) is 0. The largest absolute Gasteiger partial charge is 0.481 e. The van der Waals surface area contributed by atoms with Crippen LogP contribution in [0.4, 0.5) is 0 Å². The van der Waals surface area contributed by atoms with Crippen molar-refractivity contribution in [3.05, 3.63) is 0 Å². The van der Waals surface area contributed by atoms with Gasteiger partial charge < -0.3 is 5.11 Å². The number of hydrogen-bond acceptors (Lipinski definition) is 1. The molecule has 0 aliphatic rings. The maximum Gasteiger partial charge on any atom is 0.303 e. The van der Waals surface area contributed by atoms with Gasteiger partial charge in [-0.3, -0.25) is 4.79 Å². The van der Waals surface area contributed by atoms with Crippen LogP contribution in [0.15, 0.2) is 0 Å². The summed E-state index contributed by atoms with van der Waals surface area (Å²) in [4.78, 5) is 10.3. The van der Waals surface area contributed by atoms with Crippen molar-refractivity contribution in [3.63, 3.8) is 0 Å². The lowest BCUT2D eigenvalue weighted by Crippen LogP contribution is -1.93. The SMILES string of the molecule is CCCCCCCCCCCCC#CC#CCCCCCC(=O)O. The molecule has 0 atom stereocenters. The van der Waals surface area contributed by atoms with Crippen molar-refractivity contribution >= 4 is 5.97 Å². The Hall–Kier alpha value is -1.41. The fraction of sp³-hybridized carbons (Fsp3) is 0.773. The molecular weight excluding hydrogens is 296 g/mol. The zero-order chi connectivity index (χ0) is 17.7. The minimum atomic E-state index is -0.709. The number of hydrogen-bond donors (Lipinski definition) is 1. The van der Waals surface area contributed by atoms with Crippen molar-refractivity contribution in [3.8, 4) is 23.7 Å². The first-order chi connectivity index (χ1) is 11.8. The first-order valence-corrected chi connectivity index (χ1v) is 9.95. The highest BCUT2D eigenvalue weighted by atomic mass is 16.4. The summed E-state index contributed by atoms with van der Waals surface area (Å²) in [5, 5.41) is 8.51. The standard InChI is InChI=1S/C22H36O2/c1-2-3-4-5-6-7-8-9-10-11-12-13-14-15-16-17-18-19-20-21-22(23)24/h2-12,17-21H2,1H3,(H,23,24). The molecule has 2 nitrogen and oxygen atoms in total. The van der Waals surface area contributed by atoms with E-state index in [1.807, 2.05) is 0 Å². The van der Waals surface area contributed by atoms with E-state index in [1.54, 1.807) is 0 Å². The Labute approximate surface area is 149 Å². The number of rotatable bonds is 15. The molecule has 0 aliphatic carbocycles. The van der Waals surface area contributed by atoms with Gasteiger partial charge in [0.1, 0.15) is 0 Å². The average molecular weight is 333 g/mol. The number of carboxylic acids is 1.